The van der Waals surface area contributed by atoms with Gasteiger partial charge in [0, 0.05) is 32.6 Å². The highest BCUT2D eigenvalue weighted by Crippen LogP contribution is 2.11. The maximum atomic E-state index is 13.8. The van der Waals surface area contributed by atoms with Gasteiger partial charge >= 0.3 is 17.9 Å². The zero-order chi connectivity index (χ0) is 58.7. The highest BCUT2D eigenvalue weighted by atomic mass is 16.4. The number of hydrogen-bond donors (Lipinski definition) is 15. The third-order valence-corrected chi connectivity index (χ3v) is 11.1. The molecule has 0 unspecified atom stereocenters. The van der Waals surface area contributed by atoms with Crippen LogP contribution < -0.4 is 59.3 Å². The lowest BCUT2D eigenvalue weighted by atomic mass is 10.0. The molecule has 0 saturated heterocycles. The Bertz CT molecular complexity index is 2280. The van der Waals surface area contributed by atoms with Gasteiger partial charge in [-0.3, -0.25) is 67.1 Å². The van der Waals surface area contributed by atoms with E-state index in [9.17, 15) is 87.5 Å². The number of carbonyl (C=O) groups excluding carboxylic acids is 11. The van der Waals surface area contributed by atoms with Gasteiger partial charge in [0.15, 0.2) is 0 Å². The maximum absolute atomic E-state index is 13.8. The summed E-state index contributed by atoms with van der Waals surface area (Å²) in [6.45, 7) is 8.19. The number of rotatable bonds is 36. The average Bonchev–Trinajstić information content (AvgIpc) is 3.31. The number of amides is 11. The number of hydrogen-bond acceptors (Lipinski definition) is 15. The van der Waals surface area contributed by atoms with Crippen LogP contribution in [0.15, 0.2) is 30.3 Å². The molecule has 17 N–H and O–H groups in total. The number of nitrogens with two attached hydrogens (primary N) is 2. The molecule has 0 aliphatic heterocycles. The van der Waals surface area contributed by atoms with E-state index in [-0.39, 0.29) is 31.1 Å². The Morgan fingerprint density at radius 3 is 1.35 bits per heavy atom. The Balaban J connectivity index is 3.37. The van der Waals surface area contributed by atoms with Crippen LogP contribution in [0.5, 0.6) is 0 Å². The standard InChI is InChI=1S/C48H73N11O18/c1-23(2)18-31(41(50)70)56-46(75)33(20-27-10-8-7-9-11-27)57-42(71)28(13-16-37(64)65)53-36(63)22-51-48(77)40(25(5)60)59-44(73)30(14-17-38(66)67)54-43(72)29(12-15-35(49)62)55-47(76)34(21-39(68)69)58-45(74)32(19-24(3)4)52-26(6)61/h7-11,23-25,28-34,40,60H,12-22H2,1-6H3,(H2,49,62)(H2,50,70)(H,51,77)(H,52,61)(H,53,63)(H,54,72)(H,55,76)(H,56,75)(H,57,71)(H,58,74)(H,59,73)(H,64,65)(H,66,67)(H,68,69)/t25-,28+,29+,30+,31+,32+,33+,34+,40+/m1/s1. The molecule has 9 atom stereocenters. The zero-order valence-electron chi connectivity index (χ0n) is 43.7. The van der Waals surface area contributed by atoms with Crippen LogP contribution in [0, 0.1) is 11.8 Å². The van der Waals surface area contributed by atoms with E-state index in [0.717, 1.165) is 13.8 Å². The molecule has 1 aromatic rings. The third-order valence-electron chi connectivity index (χ3n) is 11.1. The van der Waals surface area contributed by atoms with E-state index in [1.165, 1.54) is 0 Å². The Morgan fingerprint density at radius 1 is 0.481 bits per heavy atom. The molecule has 77 heavy (non-hydrogen) atoms. The Labute approximate surface area is 443 Å². The first-order valence-corrected chi connectivity index (χ1v) is 24.5. The fourth-order valence-corrected chi connectivity index (χ4v) is 7.28. The number of benzene rings is 1. The van der Waals surface area contributed by atoms with Crippen LogP contribution >= 0.6 is 0 Å². The first kappa shape index (κ1) is 66.8. The van der Waals surface area contributed by atoms with E-state index in [1.54, 1.807) is 58.0 Å². The van der Waals surface area contributed by atoms with Crippen molar-refractivity contribution in [1.29, 1.82) is 0 Å². The molecule has 0 spiro atoms. The number of carboxylic acids is 3. The van der Waals surface area contributed by atoms with Crippen molar-refractivity contribution in [2.75, 3.05) is 6.54 Å². The van der Waals surface area contributed by atoms with Crippen molar-refractivity contribution in [1.82, 2.24) is 47.9 Å². The summed E-state index contributed by atoms with van der Waals surface area (Å²) < 4.78 is 0. The predicted octanol–water partition coefficient (Wildman–Crippen LogP) is -4.33. The monoisotopic (exact) mass is 1090 g/mol. The summed E-state index contributed by atoms with van der Waals surface area (Å²) in [6.07, 6.45) is -6.59. The van der Waals surface area contributed by atoms with Crippen LogP contribution in [0.3, 0.4) is 0 Å². The molecule has 1 rings (SSSR count). The number of aliphatic carboxylic acids is 3. The lowest BCUT2D eigenvalue weighted by molar-refractivity contribution is -0.142. The lowest BCUT2D eigenvalue weighted by Gasteiger charge is -2.27. The fourth-order valence-electron chi connectivity index (χ4n) is 7.28. The summed E-state index contributed by atoms with van der Waals surface area (Å²) in [6, 6.07) is -4.58. The second-order valence-corrected chi connectivity index (χ2v) is 18.9. The summed E-state index contributed by atoms with van der Waals surface area (Å²) in [5.41, 5.74) is 11.3. The maximum Gasteiger partial charge on any atom is 0.305 e. The molecule has 0 aliphatic rings. The van der Waals surface area contributed by atoms with E-state index in [1.807, 2.05) is 0 Å². The summed E-state index contributed by atoms with van der Waals surface area (Å²) in [5.74, 6) is -16.2. The van der Waals surface area contributed by atoms with Crippen molar-refractivity contribution >= 4 is 82.9 Å². The molecule has 0 aliphatic carbocycles. The summed E-state index contributed by atoms with van der Waals surface area (Å²) in [5, 5.41) is 59.5. The van der Waals surface area contributed by atoms with Crippen molar-refractivity contribution in [2.45, 2.75) is 160 Å². The number of aliphatic hydroxyl groups excluding tert-OH is 1. The number of carboxylic acid groups (broad SMARTS) is 3. The van der Waals surface area contributed by atoms with E-state index in [2.05, 4.69) is 47.9 Å². The largest absolute Gasteiger partial charge is 0.481 e. The highest BCUT2D eigenvalue weighted by Gasteiger charge is 2.36. The molecular formula is C48H73N11O18. The highest BCUT2D eigenvalue weighted by molar-refractivity contribution is 5.99. The van der Waals surface area contributed by atoms with Crippen LogP contribution in [0.1, 0.15) is 105 Å². The fraction of sp³-hybridized carbons (Fsp3) is 0.583. The number of primary amides is 2. The Hall–Kier alpha value is -8.24. The topological polar surface area (TPSA) is 480 Å². The Morgan fingerprint density at radius 2 is 0.896 bits per heavy atom. The van der Waals surface area contributed by atoms with Gasteiger partial charge in [-0.15, -0.1) is 0 Å². The summed E-state index contributed by atoms with van der Waals surface area (Å²) >= 11 is 0. The molecule has 428 valence electrons. The van der Waals surface area contributed by atoms with Crippen LogP contribution in [0.25, 0.3) is 0 Å². The molecule has 0 aromatic heterocycles. The molecule has 29 heteroatoms. The smallest absolute Gasteiger partial charge is 0.305 e. The van der Waals surface area contributed by atoms with E-state index in [4.69, 9.17) is 11.5 Å². The van der Waals surface area contributed by atoms with Gasteiger partial charge in [0.1, 0.15) is 48.3 Å². The predicted molar refractivity (Wildman–Crippen MR) is 268 cm³/mol. The SMILES string of the molecule is CC(=O)N[C@@H](CC(C)C)C(=O)N[C@@H](CC(=O)O)C(=O)N[C@@H](CCC(N)=O)C(=O)N[C@@H](CCC(=O)O)C(=O)N[C@H](C(=O)NCC(=O)N[C@@H](CCC(=O)O)C(=O)N[C@@H](Cc1ccccc1)C(=O)N[C@@H](CC(C)C)C(N)=O)[C@@H](C)O. The van der Waals surface area contributed by atoms with Crippen LogP contribution in [-0.4, -0.2) is 164 Å². The zero-order valence-corrected chi connectivity index (χ0v) is 43.7. The van der Waals surface area contributed by atoms with Gasteiger partial charge in [0.25, 0.3) is 0 Å². The van der Waals surface area contributed by atoms with Gasteiger partial charge in [-0.2, -0.15) is 0 Å². The van der Waals surface area contributed by atoms with E-state index >= 15 is 0 Å². The van der Waals surface area contributed by atoms with Crippen molar-refractivity contribution in [3.63, 3.8) is 0 Å². The molecule has 1 aromatic carbocycles. The molecule has 11 amide bonds. The first-order chi connectivity index (χ1) is 35.9. The van der Waals surface area contributed by atoms with Crippen LogP contribution in [0.4, 0.5) is 0 Å². The minimum absolute atomic E-state index is 0.0718. The Kier molecular flexibility index (Phi) is 29.2. The lowest BCUT2D eigenvalue weighted by Crippen LogP contribution is -2.61. The second-order valence-electron chi connectivity index (χ2n) is 18.9. The molecule has 29 nitrogen and oxygen atoms in total. The van der Waals surface area contributed by atoms with Crippen molar-refractivity contribution in [3.8, 4) is 0 Å². The van der Waals surface area contributed by atoms with Gasteiger partial charge in [-0.1, -0.05) is 58.0 Å². The van der Waals surface area contributed by atoms with Crippen LogP contribution in [0.2, 0.25) is 0 Å². The van der Waals surface area contributed by atoms with Gasteiger partial charge in [-0.25, -0.2) is 0 Å². The number of carbonyl (C=O) groups is 14. The molecular weight excluding hydrogens is 1020 g/mol. The van der Waals surface area contributed by atoms with Gasteiger partial charge in [0.05, 0.1) is 19.1 Å². The molecule has 0 heterocycles. The molecule has 0 bridgehead atoms. The van der Waals surface area contributed by atoms with E-state index in [0.29, 0.717) is 5.56 Å². The quantitative estimate of drug-likeness (QED) is 0.0302. The second kappa shape index (κ2) is 33.6. The summed E-state index contributed by atoms with van der Waals surface area (Å²) in [7, 11) is 0. The summed E-state index contributed by atoms with van der Waals surface area (Å²) in [4.78, 5) is 179. The van der Waals surface area contributed by atoms with Gasteiger partial charge in [0.2, 0.25) is 65.0 Å². The number of aliphatic hydroxyl groups is 1. The molecule has 0 saturated carbocycles. The minimum atomic E-state index is -1.95. The molecule has 0 fully saturated rings. The van der Waals surface area contributed by atoms with Crippen molar-refractivity contribution < 1.29 is 87.5 Å². The minimum Gasteiger partial charge on any atom is -0.481 e. The van der Waals surface area contributed by atoms with Gasteiger partial charge < -0.3 is 79.7 Å². The third kappa shape index (κ3) is 27.2. The normalized spacial score (nSPS) is 14.5. The van der Waals surface area contributed by atoms with Crippen molar-refractivity contribution in [2.24, 2.45) is 23.3 Å². The molecule has 0 radical (unpaired) electrons. The van der Waals surface area contributed by atoms with E-state index < -0.39 is 189 Å². The average molecular weight is 1090 g/mol. The first-order valence-electron chi connectivity index (χ1n) is 24.5. The van der Waals surface area contributed by atoms with Crippen LogP contribution in [-0.2, 0) is 73.5 Å². The van der Waals surface area contributed by atoms with Crippen molar-refractivity contribution in [3.05, 3.63) is 35.9 Å². The van der Waals surface area contributed by atoms with Gasteiger partial charge in [-0.05, 0) is 56.4 Å². The number of nitrogens with one attached hydrogen (secondary N) is 9.